The fraction of sp³-hybridized carbons (Fsp3) is 0.0141. The summed E-state index contributed by atoms with van der Waals surface area (Å²) in [6, 6.07) is 98.2. The molecular weight excluding hydrogens is 1100 g/mol. The Morgan fingerprint density at radius 2 is 0.848 bits per heavy atom. The SMILES string of the molecule is Brc1ccc2c(c1)Cc1cc(-c3ccccc3)ccc1-2.Brc1ccccc1-n1c2cc(-c3ccccc3)ccc2c2ccc(-c3cc4ccccc4n3-c3ccccc3)cc21.O[B]Oc1cc2ccccc2n1-c1ccccc1. The van der Waals surface area contributed by atoms with Crippen molar-refractivity contribution in [3.05, 3.63) is 299 Å². The summed E-state index contributed by atoms with van der Waals surface area (Å²) in [5, 5.41) is 13.6. The zero-order valence-electron chi connectivity index (χ0n) is 42.8. The Morgan fingerprint density at radius 3 is 1.48 bits per heavy atom. The van der Waals surface area contributed by atoms with E-state index in [1.165, 1.54) is 88.5 Å². The lowest BCUT2D eigenvalue weighted by Gasteiger charge is -2.13. The highest BCUT2D eigenvalue weighted by Gasteiger charge is 2.21. The van der Waals surface area contributed by atoms with E-state index in [0.717, 1.165) is 43.3 Å². The molecule has 0 bridgehead atoms. The van der Waals surface area contributed by atoms with Crippen molar-refractivity contribution in [2.75, 3.05) is 0 Å². The first-order valence-electron chi connectivity index (χ1n) is 26.3. The second-order valence-corrected chi connectivity index (χ2v) is 21.3. The summed E-state index contributed by atoms with van der Waals surface area (Å²) >= 11 is 7.42. The van der Waals surface area contributed by atoms with Gasteiger partial charge < -0.3 is 18.8 Å². The van der Waals surface area contributed by atoms with Crippen molar-refractivity contribution in [2.24, 2.45) is 0 Å². The maximum Gasteiger partial charge on any atom is 0.570 e. The first-order chi connectivity index (χ1) is 39.0. The van der Waals surface area contributed by atoms with Gasteiger partial charge in [0.15, 0.2) is 5.88 Å². The van der Waals surface area contributed by atoms with Crippen LogP contribution in [0.4, 0.5) is 0 Å². The monoisotopic (exact) mass is 1140 g/mol. The zero-order chi connectivity index (χ0) is 53.2. The van der Waals surface area contributed by atoms with Gasteiger partial charge in [-0.1, -0.05) is 210 Å². The summed E-state index contributed by atoms with van der Waals surface area (Å²) < 4.78 is 14.1. The summed E-state index contributed by atoms with van der Waals surface area (Å²) in [5.74, 6) is 0.588. The van der Waals surface area contributed by atoms with E-state index < -0.39 is 0 Å². The molecule has 1 radical (unpaired) electrons. The molecule has 1 aliphatic rings. The third-order valence-electron chi connectivity index (χ3n) is 14.8. The maximum absolute atomic E-state index is 8.86. The summed E-state index contributed by atoms with van der Waals surface area (Å²) in [4.78, 5) is 0. The minimum atomic E-state index is 0.588. The largest absolute Gasteiger partial charge is 0.570 e. The first-order valence-corrected chi connectivity index (χ1v) is 27.9. The molecule has 0 unspecified atom stereocenters. The van der Waals surface area contributed by atoms with Gasteiger partial charge in [-0.05, 0) is 146 Å². The molecule has 11 aromatic carbocycles. The minimum absolute atomic E-state index is 0.588. The molecule has 1 N–H and O–H groups in total. The van der Waals surface area contributed by atoms with E-state index >= 15 is 0 Å². The molecule has 0 amide bonds. The molecule has 0 aliphatic heterocycles. The van der Waals surface area contributed by atoms with E-state index in [-0.39, 0.29) is 0 Å². The third-order valence-corrected chi connectivity index (χ3v) is 16.0. The predicted octanol–water partition coefficient (Wildman–Crippen LogP) is 19.0. The van der Waals surface area contributed by atoms with Crippen LogP contribution in [0.1, 0.15) is 11.1 Å². The molecule has 1 aliphatic carbocycles. The highest BCUT2D eigenvalue weighted by atomic mass is 79.9. The molecule has 15 rings (SSSR count). The van der Waals surface area contributed by atoms with Crippen LogP contribution in [0.2, 0.25) is 0 Å². The van der Waals surface area contributed by atoms with Crippen LogP contribution in [-0.2, 0) is 6.42 Å². The topological polar surface area (TPSA) is 44.2 Å². The number of benzene rings is 11. The van der Waals surface area contributed by atoms with Gasteiger partial charge in [0.25, 0.3) is 0 Å². The fourth-order valence-electron chi connectivity index (χ4n) is 11.2. The van der Waals surface area contributed by atoms with Gasteiger partial charge in [-0.25, -0.2) is 0 Å². The Bertz CT molecular complexity index is 4500. The molecule has 79 heavy (non-hydrogen) atoms. The lowest BCUT2D eigenvalue weighted by atomic mass is 9.99. The molecule has 0 fully saturated rings. The number of halogens is 2. The van der Waals surface area contributed by atoms with E-state index in [4.69, 9.17) is 9.68 Å². The third kappa shape index (κ3) is 9.69. The summed E-state index contributed by atoms with van der Waals surface area (Å²) in [7, 11) is 0.702. The van der Waals surface area contributed by atoms with Gasteiger partial charge in [-0.15, -0.1) is 0 Å². The molecule has 377 valence electrons. The second-order valence-electron chi connectivity index (χ2n) is 19.5. The molecule has 0 saturated heterocycles. The van der Waals surface area contributed by atoms with Crippen molar-refractivity contribution in [2.45, 2.75) is 6.42 Å². The molecule has 14 aromatic rings. The number of para-hydroxylation sites is 5. The van der Waals surface area contributed by atoms with Crippen molar-refractivity contribution in [1.29, 1.82) is 0 Å². The quantitative estimate of drug-likeness (QED) is 0.154. The highest BCUT2D eigenvalue weighted by molar-refractivity contribution is 9.10. The van der Waals surface area contributed by atoms with E-state index in [2.05, 4.69) is 259 Å². The number of fused-ring (bicyclic) bond motifs is 8. The predicted molar refractivity (Wildman–Crippen MR) is 336 cm³/mol. The molecule has 5 nitrogen and oxygen atoms in total. The van der Waals surface area contributed by atoms with Crippen LogP contribution in [0, 0.1) is 0 Å². The smallest absolute Gasteiger partial charge is 0.524 e. The van der Waals surface area contributed by atoms with Crippen LogP contribution in [-0.4, -0.2) is 26.4 Å². The van der Waals surface area contributed by atoms with E-state index in [9.17, 15) is 0 Å². The average molecular weight is 1150 g/mol. The van der Waals surface area contributed by atoms with Gasteiger partial charge in [0.2, 0.25) is 0 Å². The number of aromatic nitrogens is 3. The van der Waals surface area contributed by atoms with Crippen molar-refractivity contribution in [3.63, 3.8) is 0 Å². The van der Waals surface area contributed by atoms with Gasteiger partial charge in [0.05, 0.1) is 33.4 Å². The van der Waals surface area contributed by atoms with Gasteiger partial charge in [0.1, 0.15) is 0 Å². The van der Waals surface area contributed by atoms with E-state index in [1.807, 2.05) is 65.2 Å². The van der Waals surface area contributed by atoms with Gasteiger partial charge in [-0.2, -0.15) is 0 Å². The van der Waals surface area contributed by atoms with Gasteiger partial charge in [0, 0.05) is 53.5 Å². The summed E-state index contributed by atoms with van der Waals surface area (Å²) in [5.41, 5.74) is 20.9. The first kappa shape index (κ1) is 49.6. The Hall–Kier alpha value is -8.92. The number of hydrogen-bond donors (Lipinski definition) is 1. The molecule has 0 spiro atoms. The van der Waals surface area contributed by atoms with E-state index in [1.54, 1.807) is 0 Å². The average Bonchev–Trinajstić information content (AvgIpc) is 4.28. The minimum Gasteiger partial charge on any atom is -0.524 e. The van der Waals surface area contributed by atoms with E-state index in [0.29, 0.717) is 13.6 Å². The highest BCUT2D eigenvalue weighted by Crippen LogP contribution is 2.42. The van der Waals surface area contributed by atoms with Crippen LogP contribution in [0.5, 0.6) is 5.88 Å². The second kappa shape index (κ2) is 21.8. The van der Waals surface area contributed by atoms with Gasteiger partial charge >= 0.3 is 7.69 Å². The summed E-state index contributed by atoms with van der Waals surface area (Å²) in [6.07, 6.45) is 1.03. The lowest BCUT2D eigenvalue weighted by molar-refractivity contribution is 0.439. The molecule has 3 aromatic heterocycles. The lowest BCUT2D eigenvalue weighted by Crippen LogP contribution is -2.05. The molecule has 0 atom stereocenters. The summed E-state index contributed by atoms with van der Waals surface area (Å²) in [6.45, 7) is 0. The maximum atomic E-state index is 8.86. The van der Waals surface area contributed by atoms with Crippen molar-refractivity contribution in [3.8, 4) is 67.6 Å². The van der Waals surface area contributed by atoms with Crippen molar-refractivity contribution >= 4 is 83.2 Å². The molecule has 8 heteroatoms. The van der Waals surface area contributed by atoms with Crippen molar-refractivity contribution < 1.29 is 9.68 Å². The number of hydrogen-bond acceptors (Lipinski definition) is 2. The number of nitrogens with zero attached hydrogens (tertiary/aromatic N) is 3. The molecule has 0 saturated carbocycles. The molecule has 3 heterocycles. The van der Waals surface area contributed by atoms with Crippen LogP contribution in [0.15, 0.2) is 288 Å². The van der Waals surface area contributed by atoms with Crippen LogP contribution < -0.4 is 4.65 Å². The fourth-order valence-corrected chi connectivity index (χ4v) is 12.1. The Balaban J connectivity index is 0.000000129. The van der Waals surface area contributed by atoms with Crippen LogP contribution in [0.3, 0.4) is 0 Å². The Morgan fingerprint density at radius 1 is 0.367 bits per heavy atom. The zero-order valence-corrected chi connectivity index (χ0v) is 46.0. The Kier molecular flexibility index (Phi) is 13.7. The van der Waals surface area contributed by atoms with Crippen LogP contribution >= 0.6 is 31.9 Å². The molecular formula is C71H49BBr2N3O2. The van der Waals surface area contributed by atoms with Gasteiger partial charge in [-0.3, -0.25) is 4.57 Å². The van der Waals surface area contributed by atoms with Crippen LogP contribution in [0.25, 0.3) is 105 Å². The number of rotatable bonds is 8. The Labute approximate surface area is 476 Å². The normalized spacial score (nSPS) is 11.4. The van der Waals surface area contributed by atoms with Crippen molar-refractivity contribution in [1.82, 2.24) is 13.7 Å². The standard InChI is InChI=1S/C38H25BrN2.C19H13Br.C14H11BNO2/c39-33-16-8-10-18-35(33)41-37-23-27(26-11-3-1-4-12-26)19-21-31(37)32-22-20-29(25-38(32)41)36-24-28-13-7-9-17-34(28)40(36)30-14-5-2-6-15-30;20-17-7-9-19-16(12-17)11-15-10-14(6-8-18(15)19)13-4-2-1-3-5-13;17-15-18-14-10-11-6-4-5-9-13(11)16(14)12-7-2-1-3-8-12/h1-25H;1-10,12H,11H2;1-10,17H.